The van der Waals surface area contributed by atoms with Gasteiger partial charge in [-0.05, 0) is 44.9 Å². The summed E-state index contributed by atoms with van der Waals surface area (Å²) in [6.07, 6.45) is 53.5. The van der Waals surface area contributed by atoms with Crippen molar-refractivity contribution in [3.63, 3.8) is 0 Å². The van der Waals surface area contributed by atoms with Crippen LogP contribution >= 0.6 is 0 Å². The number of rotatable bonds is 48. The van der Waals surface area contributed by atoms with Gasteiger partial charge in [-0.3, -0.25) is 14.4 Å². The number of esters is 3. The van der Waals surface area contributed by atoms with Crippen molar-refractivity contribution in [1.29, 1.82) is 0 Å². The van der Waals surface area contributed by atoms with E-state index in [1.165, 1.54) is 193 Å². The molecule has 0 saturated heterocycles. The summed E-state index contributed by atoms with van der Waals surface area (Å²) in [5, 5.41) is 0. The molecule has 0 aromatic rings. The van der Waals surface area contributed by atoms with Gasteiger partial charge in [0.15, 0.2) is 6.10 Å². The van der Waals surface area contributed by atoms with Crippen LogP contribution in [0, 0.1) is 0 Å². The zero-order chi connectivity index (χ0) is 43.0. The predicted molar refractivity (Wildman–Crippen MR) is 252 cm³/mol. The second-order valence-electron chi connectivity index (χ2n) is 17.8. The van der Waals surface area contributed by atoms with Crippen LogP contribution in [-0.2, 0) is 28.6 Å². The summed E-state index contributed by atoms with van der Waals surface area (Å²) in [4.78, 5) is 37.8. The van der Waals surface area contributed by atoms with Crippen molar-refractivity contribution < 1.29 is 28.6 Å². The Morgan fingerprint density at radius 3 is 0.847 bits per heavy atom. The summed E-state index contributed by atoms with van der Waals surface area (Å²) >= 11 is 0. The van der Waals surface area contributed by atoms with Crippen LogP contribution in [0.2, 0.25) is 0 Å². The Morgan fingerprint density at radius 1 is 0.322 bits per heavy atom. The van der Waals surface area contributed by atoms with Gasteiger partial charge in [0.2, 0.25) is 0 Å². The van der Waals surface area contributed by atoms with E-state index in [1.807, 2.05) is 0 Å². The van der Waals surface area contributed by atoms with Gasteiger partial charge in [0, 0.05) is 19.3 Å². The van der Waals surface area contributed by atoms with Crippen molar-refractivity contribution >= 4 is 17.9 Å². The minimum atomic E-state index is -0.762. The topological polar surface area (TPSA) is 78.9 Å². The molecule has 0 rings (SSSR count). The third kappa shape index (κ3) is 47.1. The molecule has 0 aromatic heterocycles. The van der Waals surface area contributed by atoms with Crippen molar-refractivity contribution in [2.45, 2.75) is 297 Å². The molecule has 0 N–H and O–H groups in total. The molecular weight excluding hydrogens is 733 g/mol. The second kappa shape index (κ2) is 48.8. The molecule has 59 heavy (non-hydrogen) atoms. The first-order chi connectivity index (χ1) is 29.0. The van der Waals surface area contributed by atoms with Gasteiger partial charge in [0.1, 0.15) is 13.2 Å². The van der Waals surface area contributed by atoms with Gasteiger partial charge in [-0.1, -0.05) is 238 Å². The normalized spacial score (nSPS) is 12.0. The van der Waals surface area contributed by atoms with Gasteiger partial charge >= 0.3 is 17.9 Å². The van der Waals surface area contributed by atoms with E-state index in [1.54, 1.807) is 0 Å². The number of ether oxygens (including phenoxy) is 3. The van der Waals surface area contributed by atoms with E-state index in [4.69, 9.17) is 14.2 Å². The Labute approximate surface area is 367 Å². The third-order valence-electron chi connectivity index (χ3n) is 11.8. The second-order valence-corrected chi connectivity index (χ2v) is 17.8. The Kier molecular flexibility index (Phi) is 47.3. The Morgan fingerprint density at radius 2 is 0.559 bits per heavy atom. The average molecular weight is 833 g/mol. The molecule has 1 unspecified atom stereocenters. The van der Waals surface area contributed by atoms with Gasteiger partial charge in [0.05, 0.1) is 0 Å². The number of allylic oxidation sites excluding steroid dienone is 2. The maximum Gasteiger partial charge on any atom is 0.306 e. The summed E-state index contributed by atoms with van der Waals surface area (Å²) in [5.74, 6) is -0.858. The van der Waals surface area contributed by atoms with Gasteiger partial charge in [-0.25, -0.2) is 0 Å². The molecule has 0 aliphatic rings. The molecule has 0 saturated carbocycles. The molecule has 348 valence electrons. The standard InChI is InChI=1S/C53H100O6/c1-4-7-10-13-16-18-20-22-24-25-26-27-29-30-32-34-37-40-43-46-52(55)58-49-50(48-57-51(54)45-42-39-36-15-12-9-6-3)59-53(56)47-44-41-38-35-33-31-28-23-21-19-17-14-11-8-5-2/h22,24,50H,4-21,23,25-49H2,1-3H3/b24-22-. The molecule has 0 amide bonds. The van der Waals surface area contributed by atoms with Crippen LogP contribution in [-0.4, -0.2) is 37.2 Å². The van der Waals surface area contributed by atoms with Crippen molar-refractivity contribution in [1.82, 2.24) is 0 Å². The van der Waals surface area contributed by atoms with Gasteiger partial charge in [-0.15, -0.1) is 0 Å². The van der Waals surface area contributed by atoms with Crippen LogP contribution in [0.1, 0.15) is 290 Å². The average Bonchev–Trinajstić information content (AvgIpc) is 3.23. The fraction of sp³-hybridized carbons (Fsp3) is 0.906. The maximum atomic E-state index is 12.8. The van der Waals surface area contributed by atoms with E-state index >= 15 is 0 Å². The van der Waals surface area contributed by atoms with Gasteiger partial charge < -0.3 is 14.2 Å². The van der Waals surface area contributed by atoms with Crippen LogP contribution < -0.4 is 0 Å². The molecule has 0 fully saturated rings. The lowest BCUT2D eigenvalue weighted by Crippen LogP contribution is -2.30. The molecule has 0 aliphatic heterocycles. The highest BCUT2D eigenvalue weighted by Crippen LogP contribution is 2.16. The number of hydrogen-bond donors (Lipinski definition) is 0. The minimum Gasteiger partial charge on any atom is -0.462 e. The molecule has 0 aliphatic carbocycles. The van der Waals surface area contributed by atoms with Crippen LogP contribution in [0.5, 0.6) is 0 Å². The van der Waals surface area contributed by atoms with Crippen LogP contribution in [0.4, 0.5) is 0 Å². The number of hydrogen-bond acceptors (Lipinski definition) is 6. The zero-order valence-corrected chi connectivity index (χ0v) is 39.8. The zero-order valence-electron chi connectivity index (χ0n) is 39.8. The highest BCUT2D eigenvalue weighted by atomic mass is 16.6. The van der Waals surface area contributed by atoms with Crippen molar-refractivity contribution in [2.75, 3.05) is 13.2 Å². The van der Waals surface area contributed by atoms with Gasteiger partial charge in [-0.2, -0.15) is 0 Å². The Balaban J connectivity index is 4.19. The fourth-order valence-corrected chi connectivity index (χ4v) is 7.79. The van der Waals surface area contributed by atoms with E-state index < -0.39 is 6.10 Å². The molecule has 0 bridgehead atoms. The van der Waals surface area contributed by atoms with Gasteiger partial charge in [0.25, 0.3) is 0 Å². The fourth-order valence-electron chi connectivity index (χ4n) is 7.79. The van der Waals surface area contributed by atoms with E-state index in [0.29, 0.717) is 19.3 Å². The number of unbranched alkanes of at least 4 members (excludes halogenated alkanes) is 35. The van der Waals surface area contributed by atoms with Crippen molar-refractivity contribution in [3.8, 4) is 0 Å². The van der Waals surface area contributed by atoms with Crippen LogP contribution in [0.25, 0.3) is 0 Å². The lowest BCUT2D eigenvalue weighted by Gasteiger charge is -2.18. The molecule has 6 nitrogen and oxygen atoms in total. The van der Waals surface area contributed by atoms with E-state index in [0.717, 1.165) is 57.8 Å². The molecule has 0 spiro atoms. The highest BCUT2D eigenvalue weighted by molar-refractivity contribution is 5.71. The summed E-state index contributed by atoms with van der Waals surface area (Å²) < 4.78 is 16.7. The Hall–Kier alpha value is -1.85. The molecule has 0 aromatic carbocycles. The summed E-state index contributed by atoms with van der Waals surface area (Å²) in [6, 6.07) is 0. The van der Waals surface area contributed by atoms with E-state index in [2.05, 4.69) is 32.9 Å². The first-order valence-electron chi connectivity index (χ1n) is 26.2. The van der Waals surface area contributed by atoms with Crippen molar-refractivity contribution in [2.24, 2.45) is 0 Å². The van der Waals surface area contributed by atoms with Crippen LogP contribution in [0.15, 0.2) is 12.2 Å². The molecule has 6 heteroatoms. The maximum absolute atomic E-state index is 12.8. The molecule has 0 heterocycles. The molecule has 0 radical (unpaired) electrons. The smallest absolute Gasteiger partial charge is 0.306 e. The van der Waals surface area contributed by atoms with E-state index in [-0.39, 0.29) is 31.1 Å². The predicted octanol–water partition coefficient (Wildman–Crippen LogP) is 17.0. The minimum absolute atomic E-state index is 0.0663. The lowest BCUT2D eigenvalue weighted by atomic mass is 10.0. The first kappa shape index (κ1) is 57.1. The largest absolute Gasteiger partial charge is 0.462 e. The highest BCUT2D eigenvalue weighted by Gasteiger charge is 2.19. The lowest BCUT2D eigenvalue weighted by molar-refractivity contribution is -0.167. The first-order valence-corrected chi connectivity index (χ1v) is 26.2. The van der Waals surface area contributed by atoms with Crippen molar-refractivity contribution in [3.05, 3.63) is 12.2 Å². The molecular formula is C53H100O6. The number of carbonyl (C=O) groups excluding carboxylic acids is 3. The third-order valence-corrected chi connectivity index (χ3v) is 11.8. The van der Waals surface area contributed by atoms with Crippen LogP contribution in [0.3, 0.4) is 0 Å². The quantitative estimate of drug-likeness (QED) is 0.0263. The summed E-state index contributed by atoms with van der Waals surface area (Å²) in [6.45, 7) is 6.63. The Bertz CT molecular complexity index is 916. The number of carbonyl (C=O) groups is 3. The molecule has 1 atom stereocenters. The summed E-state index contributed by atoms with van der Waals surface area (Å²) in [7, 11) is 0. The van der Waals surface area contributed by atoms with E-state index in [9.17, 15) is 14.4 Å². The monoisotopic (exact) mass is 833 g/mol. The summed E-state index contributed by atoms with van der Waals surface area (Å²) in [5.41, 5.74) is 0. The SMILES string of the molecule is CCCCCCCC/C=C\CCCCCCCCCCCC(=O)OCC(COC(=O)CCCCCCCCC)OC(=O)CCCCCCCCCCCCCCCCC.